The highest BCUT2D eigenvalue weighted by Crippen LogP contribution is 2.39. The Balaban J connectivity index is 1.72. The normalized spacial score (nSPS) is 18.0. The molecular formula is C23H20ClFN3O3+. The first-order chi connectivity index (χ1) is 15.0. The SMILES string of the molecule is O=C1C(=O)N(CCC[n+]2cc[nH]c2)C(c2ccc(F)cc2)/C1=C(\O)c1ccc(Cl)cc1. The molecule has 1 fully saturated rings. The number of hydrogen-bond acceptors (Lipinski definition) is 3. The second kappa shape index (κ2) is 8.73. The standard InChI is InChI=1S/C23H19ClFN3O3/c24-17-6-2-16(3-7-17)21(29)19-20(15-4-8-18(25)9-5-15)28(23(31)22(19)30)12-1-11-27-13-10-26-14-27/h2-10,13-14,20H,1,11-12H2,(H,29,30)/p+1. The molecule has 1 aromatic heterocycles. The van der Waals surface area contributed by atoms with Crippen LogP contribution in [0.4, 0.5) is 4.39 Å². The fourth-order valence-corrected chi connectivity index (χ4v) is 3.87. The van der Waals surface area contributed by atoms with E-state index in [0.29, 0.717) is 35.7 Å². The number of likely N-dealkylation sites (tertiary alicyclic amines) is 1. The van der Waals surface area contributed by atoms with Crippen LogP contribution < -0.4 is 4.57 Å². The van der Waals surface area contributed by atoms with Gasteiger partial charge in [0.25, 0.3) is 11.7 Å². The summed E-state index contributed by atoms with van der Waals surface area (Å²) in [6, 6.07) is 11.1. The van der Waals surface area contributed by atoms with Crippen LogP contribution >= 0.6 is 11.6 Å². The van der Waals surface area contributed by atoms with Crippen molar-refractivity contribution in [3.8, 4) is 0 Å². The number of halogens is 2. The van der Waals surface area contributed by atoms with Gasteiger partial charge in [0.1, 0.15) is 24.0 Å². The van der Waals surface area contributed by atoms with E-state index in [0.717, 1.165) is 0 Å². The predicted molar refractivity (Wildman–Crippen MR) is 112 cm³/mol. The molecule has 1 aliphatic heterocycles. The number of nitrogens with one attached hydrogen (secondary N) is 1. The number of amides is 1. The van der Waals surface area contributed by atoms with Gasteiger partial charge in [-0.05, 0) is 42.0 Å². The summed E-state index contributed by atoms with van der Waals surface area (Å²) in [7, 11) is 0. The smallest absolute Gasteiger partial charge is 0.295 e. The predicted octanol–water partition coefficient (Wildman–Crippen LogP) is 3.61. The highest BCUT2D eigenvalue weighted by atomic mass is 35.5. The molecule has 0 bridgehead atoms. The van der Waals surface area contributed by atoms with E-state index in [1.807, 2.05) is 10.8 Å². The maximum absolute atomic E-state index is 13.5. The van der Waals surface area contributed by atoms with Crippen molar-refractivity contribution in [2.75, 3.05) is 6.54 Å². The summed E-state index contributed by atoms with van der Waals surface area (Å²) in [6.07, 6.45) is 6.04. The van der Waals surface area contributed by atoms with E-state index >= 15 is 0 Å². The highest BCUT2D eigenvalue weighted by molar-refractivity contribution is 6.46. The van der Waals surface area contributed by atoms with Crippen LogP contribution in [0.25, 0.3) is 5.76 Å². The van der Waals surface area contributed by atoms with Gasteiger partial charge in [-0.2, -0.15) is 0 Å². The lowest BCUT2D eigenvalue weighted by molar-refractivity contribution is -0.695. The van der Waals surface area contributed by atoms with Gasteiger partial charge in [-0.1, -0.05) is 23.7 Å². The molecule has 3 aromatic rings. The van der Waals surface area contributed by atoms with E-state index in [2.05, 4.69) is 4.98 Å². The van der Waals surface area contributed by atoms with Crippen LogP contribution in [0.3, 0.4) is 0 Å². The fraction of sp³-hybridized carbons (Fsp3) is 0.174. The number of carbonyl (C=O) groups is 2. The maximum atomic E-state index is 13.5. The number of hydrogen-bond donors (Lipinski definition) is 2. The number of nitrogens with zero attached hydrogens (tertiary/aromatic N) is 2. The molecule has 1 unspecified atom stereocenters. The summed E-state index contributed by atoms with van der Waals surface area (Å²) in [5, 5.41) is 11.4. The van der Waals surface area contributed by atoms with Crippen molar-refractivity contribution in [3.05, 3.63) is 94.8 Å². The number of aryl methyl sites for hydroxylation is 1. The summed E-state index contributed by atoms with van der Waals surface area (Å²) in [6.45, 7) is 0.933. The summed E-state index contributed by atoms with van der Waals surface area (Å²) < 4.78 is 15.4. The number of ketones is 1. The molecule has 8 heteroatoms. The largest absolute Gasteiger partial charge is 0.507 e. The number of rotatable bonds is 6. The lowest BCUT2D eigenvalue weighted by atomic mass is 9.95. The Labute approximate surface area is 183 Å². The first-order valence-electron chi connectivity index (χ1n) is 9.77. The van der Waals surface area contributed by atoms with Crippen molar-refractivity contribution in [2.45, 2.75) is 19.0 Å². The average molecular weight is 441 g/mol. The van der Waals surface area contributed by atoms with Crippen LogP contribution in [0.1, 0.15) is 23.6 Å². The third-order valence-corrected chi connectivity index (χ3v) is 5.51. The van der Waals surface area contributed by atoms with Gasteiger partial charge in [-0.25, -0.2) is 8.96 Å². The zero-order valence-electron chi connectivity index (χ0n) is 16.5. The van der Waals surface area contributed by atoms with Gasteiger partial charge in [0.2, 0.25) is 6.33 Å². The van der Waals surface area contributed by atoms with Gasteiger partial charge < -0.3 is 10.0 Å². The maximum Gasteiger partial charge on any atom is 0.295 e. The van der Waals surface area contributed by atoms with E-state index in [9.17, 15) is 19.1 Å². The number of aliphatic hydroxyl groups is 1. The van der Waals surface area contributed by atoms with Crippen LogP contribution in [-0.2, 0) is 16.1 Å². The van der Waals surface area contributed by atoms with Crippen molar-refractivity contribution >= 4 is 29.1 Å². The molecule has 1 saturated heterocycles. The monoisotopic (exact) mass is 440 g/mol. The average Bonchev–Trinajstić information content (AvgIpc) is 3.37. The van der Waals surface area contributed by atoms with E-state index in [1.165, 1.54) is 29.2 Å². The number of imidazole rings is 1. The van der Waals surface area contributed by atoms with Crippen LogP contribution in [0.2, 0.25) is 5.02 Å². The van der Waals surface area contributed by atoms with Gasteiger partial charge in [0.05, 0.1) is 18.2 Å². The molecule has 2 aromatic carbocycles. The number of aromatic nitrogens is 2. The zero-order valence-corrected chi connectivity index (χ0v) is 17.2. The van der Waals surface area contributed by atoms with E-state index in [-0.39, 0.29) is 11.3 Å². The van der Waals surface area contributed by atoms with Crippen molar-refractivity contribution in [1.29, 1.82) is 0 Å². The summed E-state index contributed by atoms with van der Waals surface area (Å²) in [4.78, 5) is 30.2. The Morgan fingerprint density at radius 1 is 1.13 bits per heavy atom. The van der Waals surface area contributed by atoms with Gasteiger partial charge >= 0.3 is 0 Å². The van der Waals surface area contributed by atoms with Crippen LogP contribution in [-0.4, -0.2) is 33.2 Å². The third kappa shape index (κ3) is 4.22. The van der Waals surface area contributed by atoms with E-state index < -0.39 is 23.5 Å². The Kier molecular flexibility index (Phi) is 5.86. The van der Waals surface area contributed by atoms with Crippen LogP contribution in [0.15, 0.2) is 72.8 Å². The Morgan fingerprint density at radius 2 is 1.84 bits per heavy atom. The molecule has 0 radical (unpaired) electrons. The number of aliphatic hydroxyl groups excluding tert-OH is 1. The highest BCUT2D eigenvalue weighted by Gasteiger charge is 2.45. The minimum atomic E-state index is -0.812. The fourth-order valence-electron chi connectivity index (χ4n) is 3.75. The molecule has 2 N–H and O–H groups in total. The van der Waals surface area contributed by atoms with Crippen LogP contribution in [0.5, 0.6) is 0 Å². The zero-order chi connectivity index (χ0) is 22.0. The quantitative estimate of drug-likeness (QED) is 0.266. The topological polar surface area (TPSA) is 77.3 Å². The number of Topliss-reactive ketones (excluding diaryl/α,β-unsaturated/α-hetero) is 1. The molecule has 6 nitrogen and oxygen atoms in total. The molecule has 1 amide bonds. The summed E-state index contributed by atoms with van der Waals surface area (Å²) >= 11 is 5.92. The minimum absolute atomic E-state index is 0.0202. The third-order valence-electron chi connectivity index (χ3n) is 5.26. The van der Waals surface area contributed by atoms with Gasteiger partial charge in [0, 0.05) is 23.6 Å². The molecule has 1 atom stereocenters. The van der Waals surface area contributed by atoms with Gasteiger partial charge in [0.15, 0.2) is 0 Å². The van der Waals surface area contributed by atoms with Crippen molar-refractivity contribution in [2.24, 2.45) is 0 Å². The number of H-pyrrole nitrogens is 1. The second-order valence-corrected chi connectivity index (χ2v) is 7.69. The second-order valence-electron chi connectivity index (χ2n) is 7.25. The molecule has 158 valence electrons. The van der Waals surface area contributed by atoms with Crippen molar-refractivity contribution < 1.29 is 23.7 Å². The van der Waals surface area contributed by atoms with Gasteiger partial charge in [-0.3, -0.25) is 14.6 Å². The van der Waals surface area contributed by atoms with E-state index in [1.54, 1.807) is 36.8 Å². The Bertz CT molecular complexity index is 1130. The summed E-state index contributed by atoms with van der Waals surface area (Å²) in [5.74, 6) is -2.17. The van der Waals surface area contributed by atoms with E-state index in [4.69, 9.17) is 11.6 Å². The molecule has 0 spiro atoms. The molecule has 0 saturated carbocycles. The molecule has 2 heterocycles. The van der Waals surface area contributed by atoms with Gasteiger partial charge in [-0.15, -0.1) is 0 Å². The molecule has 31 heavy (non-hydrogen) atoms. The summed E-state index contributed by atoms with van der Waals surface area (Å²) in [5.41, 5.74) is 0.899. The van der Waals surface area contributed by atoms with Crippen LogP contribution in [0, 0.1) is 5.82 Å². The first kappa shape index (κ1) is 20.8. The molecule has 4 rings (SSSR count). The molecule has 1 aliphatic rings. The Morgan fingerprint density at radius 3 is 2.48 bits per heavy atom. The lowest BCUT2D eigenvalue weighted by Gasteiger charge is -2.25. The first-order valence-corrected chi connectivity index (χ1v) is 10.1. The minimum Gasteiger partial charge on any atom is -0.507 e. The number of carbonyl (C=O) groups excluding carboxylic acids is 2. The Hall–Kier alpha value is -3.45. The van der Waals surface area contributed by atoms with Crippen molar-refractivity contribution in [3.63, 3.8) is 0 Å². The number of benzene rings is 2. The number of aromatic amines is 1. The van der Waals surface area contributed by atoms with Crippen molar-refractivity contribution in [1.82, 2.24) is 9.88 Å². The lowest BCUT2D eigenvalue weighted by Crippen LogP contribution is -2.36. The molecular weight excluding hydrogens is 421 g/mol. The molecule has 0 aliphatic carbocycles.